The second-order valence-corrected chi connectivity index (χ2v) is 5.98. The smallest absolute Gasteiger partial charge is 0.291 e. The van der Waals surface area contributed by atoms with Crippen molar-refractivity contribution in [2.75, 3.05) is 11.9 Å². The quantitative estimate of drug-likeness (QED) is 0.735. The number of rotatable bonds is 4. The summed E-state index contributed by atoms with van der Waals surface area (Å²) in [7, 11) is 0. The maximum Gasteiger partial charge on any atom is 0.291 e. The van der Waals surface area contributed by atoms with Crippen molar-refractivity contribution in [3.63, 3.8) is 0 Å². The highest BCUT2D eigenvalue weighted by Gasteiger charge is 2.35. The molecule has 1 aromatic carbocycles. The lowest BCUT2D eigenvalue weighted by molar-refractivity contribution is -0.119. The largest absolute Gasteiger partial charge is 0.324 e. The summed E-state index contributed by atoms with van der Waals surface area (Å²) < 4.78 is 1.71. The number of nitrogens with one attached hydrogen (secondary N) is 2. The summed E-state index contributed by atoms with van der Waals surface area (Å²) >= 11 is 0. The number of carbonyl (C=O) groups excluding carboxylic acids is 2. The molecule has 0 radical (unpaired) electrons. The number of amides is 2. The van der Waals surface area contributed by atoms with E-state index in [0.29, 0.717) is 18.7 Å². The van der Waals surface area contributed by atoms with Crippen molar-refractivity contribution in [1.29, 1.82) is 0 Å². The number of benzene rings is 1. The second kappa shape index (κ2) is 6.79. The predicted molar refractivity (Wildman–Crippen MR) is 92.6 cm³/mol. The van der Waals surface area contributed by atoms with E-state index >= 15 is 0 Å². The molecule has 1 fully saturated rings. The van der Waals surface area contributed by atoms with Gasteiger partial charge in [-0.2, -0.15) is 10.2 Å². The van der Waals surface area contributed by atoms with Gasteiger partial charge >= 0.3 is 0 Å². The lowest BCUT2D eigenvalue weighted by Crippen LogP contribution is -2.43. The molecule has 9 heteroatoms. The second-order valence-electron chi connectivity index (χ2n) is 5.98. The molecule has 0 saturated carbocycles. The highest BCUT2D eigenvalue weighted by Crippen LogP contribution is 2.21. The molecule has 2 aromatic heterocycles. The number of H-pyrrole nitrogens is 1. The van der Waals surface area contributed by atoms with Crippen LogP contribution >= 0.6 is 0 Å². The van der Waals surface area contributed by atoms with Crippen LogP contribution in [0.3, 0.4) is 0 Å². The average molecular weight is 351 g/mol. The van der Waals surface area contributed by atoms with Gasteiger partial charge in [0.2, 0.25) is 11.7 Å². The van der Waals surface area contributed by atoms with Crippen LogP contribution in [0.25, 0.3) is 5.69 Å². The van der Waals surface area contributed by atoms with Crippen LogP contribution < -0.4 is 5.32 Å². The molecule has 2 N–H and O–H groups in total. The summed E-state index contributed by atoms with van der Waals surface area (Å²) in [6, 6.07) is 8.69. The zero-order chi connectivity index (χ0) is 17.9. The fourth-order valence-corrected chi connectivity index (χ4v) is 3.10. The molecular formula is C17H17N7O2. The van der Waals surface area contributed by atoms with Gasteiger partial charge in [-0.15, -0.1) is 0 Å². The van der Waals surface area contributed by atoms with Gasteiger partial charge in [-0.1, -0.05) is 6.07 Å². The Kier molecular flexibility index (Phi) is 4.18. The van der Waals surface area contributed by atoms with Gasteiger partial charge in [0.1, 0.15) is 12.4 Å². The zero-order valence-electron chi connectivity index (χ0n) is 13.9. The van der Waals surface area contributed by atoms with Crippen molar-refractivity contribution in [3.05, 3.63) is 54.9 Å². The van der Waals surface area contributed by atoms with Crippen molar-refractivity contribution >= 4 is 17.5 Å². The van der Waals surface area contributed by atoms with Crippen molar-refractivity contribution < 1.29 is 9.59 Å². The molecular weight excluding hydrogens is 334 g/mol. The van der Waals surface area contributed by atoms with Crippen LogP contribution in [0.5, 0.6) is 0 Å². The SMILES string of the molecule is O=C(Nc1cccc(-n2cccn2)c1)[C@@H]1CCCN1C(=O)c1ncn[nH]1. The normalized spacial score (nSPS) is 16.6. The molecule has 1 saturated heterocycles. The van der Waals surface area contributed by atoms with Gasteiger partial charge in [-0.05, 0) is 37.1 Å². The Balaban J connectivity index is 1.49. The fraction of sp³-hybridized carbons (Fsp3) is 0.235. The number of nitrogens with zero attached hydrogens (tertiary/aromatic N) is 5. The van der Waals surface area contributed by atoms with Crippen molar-refractivity contribution in [3.8, 4) is 5.69 Å². The van der Waals surface area contributed by atoms with Crippen molar-refractivity contribution in [2.45, 2.75) is 18.9 Å². The highest BCUT2D eigenvalue weighted by molar-refractivity contribution is 6.00. The van der Waals surface area contributed by atoms with E-state index < -0.39 is 6.04 Å². The lowest BCUT2D eigenvalue weighted by atomic mass is 10.2. The minimum atomic E-state index is -0.527. The van der Waals surface area contributed by atoms with E-state index in [1.807, 2.05) is 36.5 Å². The molecule has 1 atom stereocenters. The molecule has 9 nitrogen and oxygen atoms in total. The Morgan fingerprint density at radius 2 is 2.19 bits per heavy atom. The average Bonchev–Trinajstić information content (AvgIpc) is 3.44. The summed E-state index contributed by atoms with van der Waals surface area (Å²) in [6.07, 6.45) is 6.18. The molecule has 1 aliphatic heterocycles. The Hall–Kier alpha value is -3.49. The van der Waals surface area contributed by atoms with Gasteiger partial charge in [-0.25, -0.2) is 9.67 Å². The molecule has 2 amide bonds. The summed E-state index contributed by atoms with van der Waals surface area (Å²) in [5.74, 6) is -0.385. The van der Waals surface area contributed by atoms with E-state index in [1.165, 1.54) is 11.2 Å². The number of aromatic amines is 1. The third kappa shape index (κ3) is 3.06. The number of hydrogen-bond donors (Lipinski definition) is 2. The Morgan fingerprint density at radius 1 is 1.27 bits per heavy atom. The van der Waals surface area contributed by atoms with E-state index in [9.17, 15) is 9.59 Å². The van der Waals surface area contributed by atoms with E-state index in [1.54, 1.807) is 10.9 Å². The number of aromatic nitrogens is 5. The van der Waals surface area contributed by atoms with Crippen LogP contribution in [0.15, 0.2) is 49.1 Å². The number of hydrogen-bond acceptors (Lipinski definition) is 5. The monoisotopic (exact) mass is 351 g/mol. The van der Waals surface area contributed by atoms with Gasteiger partial charge in [-0.3, -0.25) is 14.7 Å². The first-order valence-electron chi connectivity index (χ1n) is 8.29. The predicted octanol–water partition coefficient (Wildman–Crippen LogP) is 1.23. The molecule has 0 bridgehead atoms. The maximum absolute atomic E-state index is 12.7. The summed E-state index contributed by atoms with van der Waals surface area (Å²) in [6.45, 7) is 0.519. The van der Waals surface area contributed by atoms with Crippen LogP contribution in [0.1, 0.15) is 23.5 Å². The van der Waals surface area contributed by atoms with Crippen molar-refractivity contribution in [2.24, 2.45) is 0 Å². The minimum Gasteiger partial charge on any atom is -0.324 e. The first-order chi connectivity index (χ1) is 12.7. The highest BCUT2D eigenvalue weighted by atomic mass is 16.2. The van der Waals surface area contributed by atoms with Gasteiger partial charge < -0.3 is 10.2 Å². The van der Waals surface area contributed by atoms with Crippen LogP contribution in [-0.4, -0.2) is 54.3 Å². The Bertz CT molecular complexity index is 905. The standard InChI is InChI=1S/C17H17N7O2/c25-16(14-6-2-8-23(14)17(26)15-18-11-19-22-15)21-12-4-1-5-13(10-12)24-9-3-7-20-24/h1,3-5,7,9-11,14H,2,6,8H2,(H,21,25)(H,18,19,22)/t14-/m0/s1. The lowest BCUT2D eigenvalue weighted by Gasteiger charge is -2.23. The Labute approximate surface area is 149 Å². The summed E-state index contributed by atoms with van der Waals surface area (Å²) in [5.41, 5.74) is 1.50. The molecule has 1 aliphatic rings. The van der Waals surface area contributed by atoms with Crippen molar-refractivity contribution in [1.82, 2.24) is 29.9 Å². The van der Waals surface area contributed by atoms with Crippen LogP contribution in [0, 0.1) is 0 Å². The van der Waals surface area contributed by atoms with E-state index in [4.69, 9.17) is 0 Å². The number of carbonyl (C=O) groups is 2. The third-order valence-corrected chi connectivity index (χ3v) is 4.32. The zero-order valence-corrected chi connectivity index (χ0v) is 13.9. The molecule has 0 spiro atoms. The topological polar surface area (TPSA) is 109 Å². The molecule has 0 unspecified atom stereocenters. The third-order valence-electron chi connectivity index (χ3n) is 4.32. The fourth-order valence-electron chi connectivity index (χ4n) is 3.10. The Morgan fingerprint density at radius 3 is 2.96 bits per heavy atom. The molecule has 132 valence electrons. The number of likely N-dealkylation sites (tertiary alicyclic amines) is 1. The minimum absolute atomic E-state index is 0.144. The van der Waals surface area contributed by atoms with Crippen LogP contribution in [0.4, 0.5) is 5.69 Å². The molecule has 3 heterocycles. The van der Waals surface area contributed by atoms with E-state index in [2.05, 4.69) is 25.6 Å². The van der Waals surface area contributed by atoms with E-state index in [-0.39, 0.29) is 17.6 Å². The molecule has 0 aliphatic carbocycles. The van der Waals surface area contributed by atoms with Gasteiger partial charge in [0.25, 0.3) is 5.91 Å². The van der Waals surface area contributed by atoms with Gasteiger partial charge in [0.15, 0.2) is 0 Å². The molecule has 3 aromatic rings. The number of anilines is 1. The first kappa shape index (κ1) is 16.0. The van der Waals surface area contributed by atoms with Crippen LogP contribution in [0.2, 0.25) is 0 Å². The summed E-state index contributed by atoms with van der Waals surface area (Å²) in [4.78, 5) is 30.6. The van der Waals surface area contributed by atoms with E-state index in [0.717, 1.165) is 12.1 Å². The maximum atomic E-state index is 12.7. The van der Waals surface area contributed by atoms with Gasteiger partial charge in [0, 0.05) is 24.6 Å². The molecule has 26 heavy (non-hydrogen) atoms. The summed E-state index contributed by atoms with van der Waals surface area (Å²) in [5, 5.41) is 13.3. The molecule has 4 rings (SSSR count). The van der Waals surface area contributed by atoms with Crippen LogP contribution in [-0.2, 0) is 4.79 Å². The van der Waals surface area contributed by atoms with Gasteiger partial charge in [0.05, 0.1) is 5.69 Å². The first-order valence-corrected chi connectivity index (χ1v) is 8.29.